The average molecular weight is 523 g/mol. The average Bonchev–Trinajstić information content (AvgIpc) is 2.93. The number of unbranched alkanes of at least 4 members (excludes halogenated alkanes) is 19. The van der Waals surface area contributed by atoms with Crippen LogP contribution in [0.5, 0.6) is 0 Å². The molecule has 214 valence electrons. The highest BCUT2D eigenvalue weighted by Gasteiger charge is 1.94. The Morgan fingerprint density at radius 2 is 0.579 bits per heavy atom. The van der Waals surface area contributed by atoms with Crippen LogP contribution in [-0.4, -0.2) is 22.4 Å². The Hall–Kier alpha value is -2.00. The number of aliphatic hydroxyl groups excluding tert-OH is 2. The lowest BCUT2D eigenvalue weighted by atomic mass is 10.1. The summed E-state index contributed by atoms with van der Waals surface area (Å²) < 4.78 is 0. The monoisotopic (exact) mass is 522 g/mol. The predicted octanol–water partition coefficient (Wildman–Crippen LogP) is 9.78. The Morgan fingerprint density at radius 1 is 0.368 bits per heavy atom. The zero-order valence-corrected chi connectivity index (χ0v) is 24.4. The third kappa shape index (κ3) is 30.2. The molecular weight excluding hydrogens is 464 g/mol. The van der Waals surface area contributed by atoms with Crippen LogP contribution in [0.2, 0.25) is 0 Å². The Morgan fingerprint density at radius 3 is 0.842 bits per heavy atom. The molecule has 0 aromatic carbocycles. The van der Waals surface area contributed by atoms with Crippen molar-refractivity contribution in [1.29, 1.82) is 0 Å². The van der Waals surface area contributed by atoms with Crippen LogP contribution in [0.25, 0.3) is 0 Å². The Labute approximate surface area is 236 Å². The first-order chi connectivity index (χ1) is 18.7. The predicted molar refractivity (Wildman–Crippen MR) is 168 cm³/mol. The van der Waals surface area contributed by atoms with Crippen molar-refractivity contribution in [3.63, 3.8) is 0 Å². The van der Waals surface area contributed by atoms with E-state index in [-0.39, 0.29) is 0 Å². The summed E-state index contributed by atoms with van der Waals surface area (Å²) in [6.45, 7) is 0. The number of allylic oxidation sites excluding steroid dienone is 6. The van der Waals surface area contributed by atoms with Crippen LogP contribution in [-0.2, 0) is 0 Å². The van der Waals surface area contributed by atoms with Crippen LogP contribution in [0, 0.1) is 24.7 Å². The summed E-state index contributed by atoms with van der Waals surface area (Å²) in [5, 5.41) is 18.5. The molecule has 0 radical (unpaired) electrons. The smallest absolute Gasteiger partial charge is 0.133 e. The van der Waals surface area contributed by atoms with E-state index in [1.165, 1.54) is 128 Å². The number of rotatable bonds is 27. The minimum Gasteiger partial charge on any atom is -0.377 e. The lowest BCUT2D eigenvalue weighted by Crippen LogP contribution is -1.95. The van der Waals surface area contributed by atoms with E-state index >= 15 is 0 Å². The maximum atomic E-state index is 9.23. The number of terminal acetylenes is 2. The molecule has 0 saturated heterocycles. The van der Waals surface area contributed by atoms with Gasteiger partial charge in [-0.05, 0) is 89.2 Å². The van der Waals surface area contributed by atoms with Crippen molar-refractivity contribution >= 4 is 0 Å². The summed E-state index contributed by atoms with van der Waals surface area (Å²) in [5.74, 6) is 4.59. The second kappa shape index (κ2) is 31.2. The maximum Gasteiger partial charge on any atom is 0.133 e. The molecule has 2 atom stereocenters. The Balaban J connectivity index is 3.25. The molecule has 0 aromatic rings. The van der Waals surface area contributed by atoms with E-state index in [1.807, 2.05) is 12.2 Å². The molecule has 0 aliphatic carbocycles. The molecule has 2 N–H and O–H groups in total. The molecule has 2 heteroatoms. The quantitative estimate of drug-likeness (QED) is 0.0640. The highest BCUT2D eigenvalue weighted by molar-refractivity contribution is 5.06. The first kappa shape index (κ1) is 36.0. The second-order valence-corrected chi connectivity index (χ2v) is 10.4. The highest BCUT2D eigenvalue weighted by Crippen LogP contribution is 2.12. The lowest BCUT2D eigenvalue weighted by molar-refractivity contribution is 0.280. The topological polar surface area (TPSA) is 40.5 Å². The molecule has 0 saturated carbocycles. The minimum absolute atomic E-state index is 0.721. The van der Waals surface area contributed by atoms with Crippen molar-refractivity contribution in [1.82, 2.24) is 0 Å². The Bertz CT molecular complexity index is 625. The zero-order valence-electron chi connectivity index (χ0n) is 24.4. The zero-order chi connectivity index (χ0) is 27.8. The summed E-state index contributed by atoms with van der Waals surface area (Å²) in [4.78, 5) is 0. The van der Waals surface area contributed by atoms with Gasteiger partial charge in [-0.25, -0.2) is 0 Å². The van der Waals surface area contributed by atoms with E-state index in [9.17, 15) is 10.2 Å². The van der Waals surface area contributed by atoms with Crippen molar-refractivity contribution in [3.05, 3.63) is 48.6 Å². The molecule has 0 aromatic heterocycles. The normalized spacial score (nSPS) is 13.6. The van der Waals surface area contributed by atoms with E-state index in [0.717, 1.165) is 12.8 Å². The van der Waals surface area contributed by atoms with E-state index in [0.29, 0.717) is 0 Å². The van der Waals surface area contributed by atoms with Crippen LogP contribution < -0.4 is 0 Å². The molecule has 0 heterocycles. The van der Waals surface area contributed by atoms with Gasteiger partial charge >= 0.3 is 0 Å². The number of aliphatic hydroxyl groups is 2. The standard InChI is InChI=1S/C36H58O2/c1-3-35(37)33-31-29-27-25-23-21-19-17-15-13-11-9-7-5-6-8-10-12-14-16-18-20-22-24-26-28-30-32-34-36(38)4-2/h1-2,9-12,31-38H,5-8,13-30H2/b11-9-,12-10-,33-31+,34-32+/t35-,36-/m0/s1. The molecule has 0 amide bonds. The van der Waals surface area contributed by atoms with Crippen molar-refractivity contribution < 1.29 is 10.2 Å². The summed E-state index contributed by atoms with van der Waals surface area (Å²) in [6.07, 6.45) is 53.6. The third-order valence-corrected chi connectivity index (χ3v) is 6.79. The Kier molecular flexibility index (Phi) is 29.6. The van der Waals surface area contributed by atoms with Gasteiger partial charge in [-0.15, -0.1) is 12.8 Å². The van der Waals surface area contributed by atoms with Crippen LogP contribution in [0.3, 0.4) is 0 Å². The second-order valence-electron chi connectivity index (χ2n) is 10.4. The number of hydrogen-bond donors (Lipinski definition) is 2. The SMILES string of the molecule is C#C[C@H](O)/C=C/CCCCCCCCC/C=C\CCCC/C=C\CCCCCCCCC/C=C/[C@@H](O)C#C. The molecule has 2 nitrogen and oxygen atoms in total. The van der Waals surface area contributed by atoms with Crippen molar-refractivity contribution in [2.45, 2.75) is 153 Å². The first-order valence-electron chi connectivity index (χ1n) is 15.6. The largest absolute Gasteiger partial charge is 0.377 e. The highest BCUT2D eigenvalue weighted by atomic mass is 16.3. The molecule has 0 bridgehead atoms. The molecule has 0 aliphatic rings. The minimum atomic E-state index is -0.721. The van der Waals surface area contributed by atoms with Crippen molar-refractivity contribution in [3.8, 4) is 24.7 Å². The fraction of sp³-hybridized carbons (Fsp3) is 0.667. The molecule has 0 aliphatic heterocycles. The van der Waals surface area contributed by atoms with Crippen molar-refractivity contribution in [2.24, 2.45) is 0 Å². The fourth-order valence-corrected chi connectivity index (χ4v) is 4.37. The van der Waals surface area contributed by atoms with E-state index in [4.69, 9.17) is 12.8 Å². The summed E-state index contributed by atoms with van der Waals surface area (Å²) in [5.41, 5.74) is 0. The van der Waals surface area contributed by atoms with Gasteiger partial charge in [-0.1, -0.05) is 113 Å². The molecule has 0 rings (SSSR count). The summed E-state index contributed by atoms with van der Waals surface area (Å²) in [7, 11) is 0. The van der Waals surface area contributed by atoms with Crippen LogP contribution in [0.1, 0.15) is 141 Å². The van der Waals surface area contributed by atoms with Gasteiger partial charge in [0.15, 0.2) is 0 Å². The van der Waals surface area contributed by atoms with Gasteiger partial charge < -0.3 is 10.2 Å². The van der Waals surface area contributed by atoms with E-state index in [1.54, 1.807) is 12.2 Å². The van der Waals surface area contributed by atoms with Gasteiger partial charge in [-0.2, -0.15) is 0 Å². The molecule has 38 heavy (non-hydrogen) atoms. The van der Waals surface area contributed by atoms with Gasteiger partial charge in [0.05, 0.1) is 0 Å². The van der Waals surface area contributed by atoms with Gasteiger partial charge in [0.2, 0.25) is 0 Å². The molecule has 0 unspecified atom stereocenters. The lowest BCUT2D eigenvalue weighted by Gasteiger charge is -2.01. The fourth-order valence-electron chi connectivity index (χ4n) is 4.37. The van der Waals surface area contributed by atoms with E-state index in [2.05, 4.69) is 36.1 Å². The van der Waals surface area contributed by atoms with Gasteiger partial charge in [0, 0.05) is 0 Å². The molecular formula is C36H58O2. The van der Waals surface area contributed by atoms with Gasteiger partial charge in [0.1, 0.15) is 12.2 Å². The molecule has 0 spiro atoms. The molecule has 0 fully saturated rings. The van der Waals surface area contributed by atoms with Gasteiger partial charge in [-0.3, -0.25) is 0 Å². The maximum absolute atomic E-state index is 9.23. The number of hydrogen-bond acceptors (Lipinski definition) is 2. The van der Waals surface area contributed by atoms with Crippen LogP contribution >= 0.6 is 0 Å². The first-order valence-corrected chi connectivity index (χ1v) is 15.6. The van der Waals surface area contributed by atoms with Crippen LogP contribution in [0.15, 0.2) is 48.6 Å². The van der Waals surface area contributed by atoms with E-state index < -0.39 is 12.2 Å². The van der Waals surface area contributed by atoms with Gasteiger partial charge in [0.25, 0.3) is 0 Å². The van der Waals surface area contributed by atoms with Crippen molar-refractivity contribution in [2.75, 3.05) is 0 Å². The van der Waals surface area contributed by atoms with Crippen LogP contribution in [0.4, 0.5) is 0 Å². The summed E-state index contributed by atoms with van der Waals surface area (Å²) >= 11 is 0. The third-order valence-electron chi connectivity index (χ3n) is 6.79. The summed E-state index contributed by atoms with van der Waals surface area (Å²) in [6, 6.07) is 0.